The molecule has 0 saturated heterocycles. The van der Waals surface area contributed by atoms with E-state index in [1.807, 2.05) is 6.92 Å². The molecule has 0 aliphatic heterocycles. The molecule has 7 nitrogen and oxygen atoms in total. The van der Waals surface area contributed by atoms with Gasteiger partial charge in [-0.15, -0.1) is 11.3 Å². The molecule has 0 aliphatic carbocycles. The summed E-state index contributed by atoms with van der Waals surface area (Å²) in [5.74, 6) is -0.254. The lowest BCUT2D eigenvalue weighted by molar-refractivity contribution is -0.135. The average molecular weight is 337 g/mol. The molecule has 0 radical (unpaired) electrons. The molecule has 0 aromatic carbocycles. The van der Waals surface area contributed by atoms with Crippen molar-refractivity contribution >= 4 is 39.3 Å². The molecule has 23 heavy (non-hydrogen) atoms. The highest BCUT2D eigenvalue weighted by atomic mass is 32.1. The lowest BCUT2D eigenvalue weighted by atomic mass is 10.2. The topological polar surface area (TPSA) is 92.6 Å². The van der Waals surface area contributed by atoms with Gasteiger partial charge in [0.2, 0.25) is 0 Å². The minimum absolute atomic E-state index is 0.151. The van der Waals surface area contributed by atoms with E-state index in [9.17, 15) is 9.59 Å². The summed E-state index contributed by atoms with van der Waals surface area (Å²) in [4.78, 5) is 34.7. The Balaban J connectivity index is 2.68. The maximum atomic E-state index is 11.9. The number of aliphatic carboxylic acids is 1. The van der Waals surface area contributed by atoms with E-state index in [2.05, 4.69) is 9.97 Å². The van der Waals surface area contributed by atoms with Crippen LogP contribution in [0, 0.1) is 13.8 Å². The number of ether oxygens (including phenoxy) is 1. The number of rotatable bonds is 6. The number of fused-ring (bicyclic) bond motifs is 1. The Hall–Kier alpha value is -2.22. The minimum atomic E-state index is -0.927. The van der Waals surface area contributed by atoms with Crippen molar-refractivity contribution < 1.29 is 19.4 Å². The number of aryl methyl sites for hydroxylation is 2. The van der Waals surface area contributed by atoms with Gasteiger partial charge in [0.25, 0.3) is 0 Å². The van der Waals surface area contributed by atoms with Gasteiger partial charge in [-0.3, -0.25) is 4.79 Å². The zero-order chi connectivity index (χ0) is 17.1. The first kappa shape index (κ1) is 17.1. The lowest BCUT2D eigenvalue weighted by Crippen LogP contribution is -2.31. The Morgan fingerprint density at radius 1 is 1.30 bits per heavy atom. The Labute approximate surface area is 137 Å². The van der Waals surface area contributed by atoms with Gasteiger partial charge in [0.1, 0.15) is 27.9 Å². The van der Waals surface area contributed by atoms with Gasteiger partial charge in [-0.1, -0.05) is 6.92 Å². The molecule has 2 aromatic rings. The Morgan fingerprint density at radius 2 is 2.00 bits per heavy atom. The van der Waals surface area contributed by atoms with Gasteiger partial charge in [0.05, 0.1) is 12.5 Å². The number of anilines is 1. The van der Waals surface area contributed by atoms with Gasteiger partial charge in [0.15, 0.2) is 0 Å². The number of thiophene rings is 1. The summed E-state index contributed by atoms with van der Waals surface area (Å²) in [5, 5.41) is 9.88. The van der Waals surface area contributed by atoms with E-state index in [1.165, 1.54) is 18.4 Å². The number of hydrogen-bond donors (Lipinski definition) is 1. The summed E-state index contributed by atoms with van der Waals surface area (Å²) in [6.45, 7) is 5.93. The van der Waals surface area contributed by atoms with E-state index >= 15 is 0 Å². The first-order valence-corrected chi connectivity index (χ1v) is 8.03. The van der Waals surface area contributed by atoms with E-state index in [-0.39, 0.29) is 6.54 Å². The number of carboxylic acids is 1. The van der Waals surface area contributed by atoms with Crippen LogP contribution in [0.3, 0.4) is 0 Å². The molecular formula is C15H19N3O4S. The third kappa shape index (κ3) is 3.42. The molecule has 0 unspecified atom stereocenters. The van der Waals surface area contributed by atoms with Crippen LogP contribution in [-0.2, 0) is 9.53 Å². The Bertz CT molecular complexity index is 757. The summed E-state index contributed by atoms with van der Waals surface area (Å²) < 4.78 is 4.80. The number of nitrogens with zero attached hydrogens (tertiary/aromatic N) is 3. The van der Waals surface area contributed by atoms with Crippen LogP contribution in [0.1, 0.15) is 34.4 Å². The van der Waals surface area contributed by atoms with Crippen molar-refractivity contribution in [1.29, 1.82) is 0 Å². The lowest BCUT2D eigenvalue weighted by Gasteiger charge is -2.22. The Kier molecular flexibility index (Phi) is 5.15. The molecule has 0 amide bonds. The fourth-order valence-corrected chi connectivity index (χ4v) is 3.57. The van der Waals surface area contributed by atoms with Crippen molar-refractivity contribution in [1.82, 2.24) is 9.97 Å². The van der Waals surface area contributed by atoms with Crippen LogP contribution in [0.5, 0.6) is 0 Å². The highest BCUT2D eigenvalue weighted by Crippen LogP contribution is 2.35. The third-order valence-corrected chi connectivity index (χ3v) is 4.54. The van der Waals surface area contributed by atoms with E-state index in [1.54, 1.807) is 18.7 Å². The smallest absolute Gasteiger partial charge is 0.348 e. The first-order valence-electron chi connectivity index (χ1n) is 7.21. The van der Waals surface area contributed by atoms with E-state index in [4.69, 9.17) is 9.84 Å². The van der Waals surface area contributed by atoms with Crippen LogP contribution in [0.15, 0.2) is 0 Å². The SMILES string of the molecule is CCCN(CC(=O)O)c1nc(C)nc2sc(C(=O)OC)c(C)c12. The highest BCUT2D eigenvalue weighted by Gasteiger charge is 2.23. The third-order valence-electron chi connectivity index (χ3n) is 3.37. The standard InChI is InChI=1S/C15H19N3O4S/c1-5-6-18(7-10(19)20)13-11-8(2)12(15(21)22-4)23-14(11)17-9(3)16-13/h5-7H2,1-4H3,(H,19,20). The van der Waals surface area contributed by atoms with Crippen LogP contribution in [0.4, 0.5) is 5.82 Å². The van der Waals surface area contributed by atoms with Gasteiger partial charge < -0.3 is 14.7 Å². The number of methoxy groups -OCH3 is 1. The molecule has 0 atom stereocenters. The molecule has 8 heteroatoms. The van der Waals surface area contributed by atoms with Crippen molar-refractivity contribution in [3.63, 3.8) is 0 Å². The number of carboxylic acid groups (broad SMARTS) is 1. The van der Waals surface area contributed by atoms with Crippen LogP contribution < -0.4 is 4.90 Å². The van der Waals surface area contributed by atoms with E-state index < -0.39 is 11.9 Å². The second-order valence-electron chi connectivity index (χ2n) is 5.14. The molecule has 2 aromatic heterocycles. The summed E-state index contributed by atoms with van der Waals surface area (Å²) in [7, 11) is 1.33. The molecular weight excluding hydrogens is 318 g/mol. The molecule has 124 valence electrons. The molecule has 0 fully saturated rings. The summed E-state index contributed by atoms with van der Waals surface area (Å²) in [6, 6.07) is 0. The molecule has 0 spiro atoms. The summed E-state index contributed by atoms with van der Waals surface area (Å²) >= 11 is 1.24. The fourth-order valence-electron chi connectivity index (χ4n) is 2.43. The second-order valence-corrected chi connectivity index (χ2v) is 6.14. The van der Waals surface area contributed by atoms with Crippen molar-refractivity contribution in [3.8, 4) is 0 Å². The number of aromatic nitrogens is 2. The van der Waals surface area contributed by atoms with Crippen molar-refractivity contribution in [2.24, 2.45) is 0 Å². The number of esters is 1. The molecule has 0 aliphatic rings. The number of carbonyl (C=O) groups is 2. The predicted molar refractivity (Wildman–Crippen MR) is 88.4 cm³/mol. The van der Waals surface area contributed by atoms with E-state index in [0.29, 0.717) is 27.9 Å². The monoisotopic (exact) mass is 337 g/mol. The molecule has 2 rings (SSSR count). The highest BCUT2D eigenvalue weighted by molar-refractivity contribution is 7.20. The number of hydrogen-bond acceptors (Lipinski definition) is 7. The van der Waals surface area contributed by atoms with Crippen LogP contribution in [-0.4, -0.2) is 47.2 Å². The number of carbonyl (C=O) groups excluding carboxylic acids is 1. The van der Waals surface area contributed by atoms with E-state index in [0.717, 1.165) is 17.4 Å². The zero-order valence-corrected chi connectivity index (χ0v) is 14.4. The maximum absolute atomic E-state index is 11.9. The van der Waals surface area contributed by atoms with Crippen molar-refractivity contribution in [3.05, 3.63) is 16.3 Å². The van der Waals surface area contributed by atoms with Crippen LogP contribution >= 0.6 is 11.3 Å². The molecule has 0 bridgehead atoms. The summed E-state index contributed by atoms with van der Waals surface area (Å²) in [5.41, 5.74) is 0.721. The predicted octanol–water partition coefficient (Wildman–Crippen LogP) is 2.40. The second kappa shape index (κ2) is 6.91. The van der Waals surface area contributed by atoms with Gasteiger partial charge in [0, 0.05) is 6.54 Å². The average Bonchev–Trinajstić information content (AvgIpc) is 2.81. The molecule has 1 N–H and O–H groups in total. The van der Waals surface area contributed by atoms with Crippen LogP contribution in [0.2, 0.25) is 0 Å². The molecule has 0 saturated carbocycles. The first-order chi connectivity index (χ1) is 10.9. The minimum Gasteiger partial charge on any atom is -0.480 e. The van der Waals surface area contributed by atoms with Gasteiger partial charge in [-0.25, -0.2) is 14.8 Å². The Morgan fingerprint density at radius 3 is 2.57 bits per heavy atom. The van der Waals surface area contributed by atoms with Crippen LogP contribution in [0.25, 0.3) is 10.2 Å². The van der Waals surface area contributed by atoms with Gasteiger partial charge in [-0.2, -0.15) is 0 Å². The largest absolute Gasteiger partial charge is 0.480 e. The quantitative estimate of drug-likeness (QED) is 0.809. The van der Waals surface area contributed by atoms with Crippen molar-refractivity contribution in [2.75, 3.05) is 25.1 Å². The van der Waals surface area contributed by atoms with Gasteiger partial charge >= 0.3 is 11.9 Å². The maximum Gasteiger partial charge on any atom is 0.348 e. The van der Waals surface area contributed by atoms with Gasteiger partial charge in [-0.05, 0) is 25.8 Å². The fraction of sp³-hybridized carbons (Fsp3) is 0.467. The molecule has 2 heterocycles. The zero-order valence-electron chi connectivity index (χ0n) is 13.5. The summed E-state index contributed by atoms with van der Waals surface area (Å²) in [6.07, 6.45) is 0.783. The normalized spacial score (nSPS) is 10.8. The van der Waals surface area contributed by atoms with Crippen molar-refractivity contribution in [2.45, 2.75) is 27.2 Å².